The molecule has 0 bridgehead atoms. The molecule has 2 aliphatic rings. The third kappa shape index (κ3) is 4.59. The molecule has 1 N–H and O–H groups in total. The molecule has 2 unspecified atom stereocenters. The van der Waals surface area contributed by atoms with E-state index >= 15 is 0 Å². The van der Waals surface area contributed by atoms with Crippen LogP contribution in [0.4, 0.5) is 0 Å². The van der Waals surface area contributed by atoms with Gasteiger partial charge in [0.2, 0.25) is 5.91 Å². The highest BCUT2D eigenvalue weighted by molar-refractivity contribution is 6.30. The standard InChI is InChI=1S/C23H23Cl2NO3/c24-18-8-6-15(7-9-18)22-20(16-2-1-3-19(25)10-16)11-17(12-21(27)28)23(29)26(22)13-14-4-5-14/h1-3,6-10,14,17,20,22H,4-5,11-13H2,(H,27,28)/t17-,20?,22?/m1/s1. The molecule has 1 aliphatic carbocycles. The Bertz CT molecular complexity index is 911. The molecule has 2 fully saturated rings. The summed E-state index contributed by atoms with van der Waals surface area (Å²) in [5.41, 5.74) is 2.04. The molecular formula is C23H23Cl2NO3. The number of carbonyl (C=O) groups is 2. The zero-order valence-electron chi connectivity index (χ0n) is 15.9. The number of benzene rings is 2. The van der Waals surface area contributed by atoms with Crippen LogP contribution in [0.3, 0.4) is 0 Å². The molecule has 0 aromatic heterocycles. The Morgan fingerprint density at radius 1 is 1.03 bits per heavy atom. The van der Waals surface area contributed by atoms with Crippen LogP contribution in [0.25, 0.3) is 0 Å². The van der Waals surface area contributed by atoms with Gasteiger partial charge in [0.25, 0.3) is 0 Å². The molecule has 6 heteroatoms. The Labute approximate surface area is 180 Å². The van der Waals surface area contributed by atoms with Gasteiger partial charge in [0.05, 0.1) is 12.5 Å². The first-order valence-corrected chi connectivity index (χ1v) is 10.7. The fourth-order valence-corrected chi connectivity index (χ4v) is 4.74. The number of hydrogen-bond acceptors (Lipinski definition) is 2. The minimum absolute atomic E-state index is 0.0318. The monoisotopic (exact) mass is 431 g/mol. The lowest BCUT2D eigenvalue weighted by Crippen LogP contribution is -2.48. The fraction of sp³-hybridized carbons (Fsp3) is 0.391. The summed E-state index contributed by atoms with van der Waals surface area (Å²) in [6.45, 7) is 0.666. The van der Waals surface area contributed by atoms with Crippen molar-refractivity contribution in [1.29, 1.82) is 0 Å². The number of amides is 1. The van der Waals surface area contributed by atoms with E-state index in [1.54, 1.807) is 0 Å². The van der Waals surface area contributed by atoms with Crippen molar-refractivity contribution in [3.8, 4) is 0 Å². The maximum absolute atomic E-state index is 13.3. The first-order chi connectivity index (χ1) is 13.9. The molecule has 152 valence electrons. The summed E-state index contributed by atoms with van der Waals surface area (Å²) in [6.07, 6.45) is 2.56. The number of hydrogen-bond donors (Lipinski definition) is 1. The molecule has 1 aliphatic heterocycles. The molecule has 4 rings (SSSR count). The lowest BCUT2D eigenvalue weighted by molar-refractivity contribution is -0.150. The molecule has 4 nitrogen and oxygen atoms in total. The summed E-state index contributed by atoms with van der Waals surface area (Å²) in [5, 5.41) is 10.7. The highest BCUT2D eigenvalue weighted by Crippen LogP contribution is 2.48. The third-order valence-corrected chi connectivity index (χ3v) is 6.44. The van der Waals surface area contributed by atoms with Crippen LogP contribution in [0.5, 0.6) is 0 Å². The smallest absolute Gasteiger partial charge is 0.304 e. The summed E-state index contributed by atoms with van der Waals surface area (Å²) in [6, 6.07) is 15.1. The Kier molecular flexibility index (Phi) is 5.84. The van der Waals surface area contributed by atoms with Gasteiger partial charge < -0.3 is 10.0 Å². The number of halogens is 2. The van der Waals surface area contributed by atoms with E-state index in [1.165, 1.54) is 0 Å². The lowest BCUT2D eigenvalue weighted by Gasteiger charge is -2.45. The van der Waals surface area contributed by atoms with Gasteiger partial charge in [0, 0.05) is 28.4 Å². The molecule has 2 aromatic carbocycles. The van der Waals surface area contributed by atoms with Crippen molar-refractivity contribution in [3.63, 3.8) is 0 Å². The topological polar surface area (TPSA) is 57.6 Å². The van der Waals surface area contributed by atoms with Crippen LogP contribution in [-0.4, -0.2) is 28.4 Å². The summed E-state index contributed by atoms with van der Waals surface area (Å²) in [5.74, 6) is -1.06. The van der Waals surface area contributed by atoms with E-state index in [0.29, 0.717) is 28.9 Å². The molecule has 0 radical (unpaired) electrons. The molecular weight excluding hydrogens is 409 g/mol. The van der Waals surface area contributed by atoms with Gasteiger partial charge >= 0.3 is 5.97 Å². The van der Waals surface area contributed by atoms with Crippen molar-refractivity contribution >= 4 is 35.1 Å². The van der Waals surface area contributed by atoms with Gasteiger partial charge in [-0.1, -0.05) is 47.5 Å². The molecule has 2 aromatic rings. The molecule has 1 saturated carbocycles. The van der Waals surface area contributed by atoms with E-state index in [4.69, 9.17) is 23.2 Å². The van der Waals surface area contributed by atoms with Crippen LogP contribution in [-0.2, 0) is 9.59 Å². The lowest BCUT2D eigenvalue weighted by atomic mass is 9.75. The van der Waals surface area contributed by atoms with Gasteiger partial charge in [0.1, 0.15) is 0 Å². The van der Waals surface area contributed by atoms with Crippen molar-refractivity contribution in [2.75, 3.05) is 6.54 Å². The Morgan fingerprint density at radius 2 is 1.76 bits per heavy atom. The second-order valence-electron chi connectivity index (χ2n) is 8.12. The van der Waals surface area contributed by atoms with Crippen molar-refractivity contribution in [2.45, 2.75) is 37.6 Å². The highest BCUT2D eigenvalue weighted by Gasteiger charge is 2.45. The summed E-state index contributed by atoms with van der Waals surface area (Å²) in [4.78, 5) is 26.7. The summed E-state index contributed by atoms with van der Waals surface area (Å²) < 4.78 is 0. The normalized spacial score (nSPS) is 24.6. The largest absolute Gasteiger partial charge is 0.481 e. The zero-order valence-corrected chi connectivity index (χ0v) is 17.4. The zero-order chi connectivity index (χ0) is 20.5. The van der Waals surface area contributed by atoms with Crippen LogP contribution in [0.2, 0.25) is 10.0 Å². The Balaban J connectivity index is 1.78. The number of aliphatic carboxylic acids is 1. The van der Waals surface area contributed by atoms with E-state index in [9.17, 15) is 14.7 Å². The van der Waals surface area contributed by atoms with Gasteiger partial charge in [-0.15, -0.1) is 0 Å². The van der Waals surface area contributed by atoms with Crippen molar-refractivity contribution in [1.82, 2.24) is 4.90 Å². The molecule has 29 heavy (non-hydrogen) atoms. The first-order valence-electron chi connectivity index (χ1n) is 9.95. The predicted molar refractivity (Wildman–Crippen MR) is 113 cm³/mol. The van der Waals surface area contributed by atoms with Crippen LogP contribution < -0.4 is 0 Å². The van der Waals surface area contributed by atoms with Crippen LogP contribution in [0.15, 0.2) is 48.5 Å². The molecule has 1 saturated heterocycles. The Morgan fingerprint density at radius 3 is 2.38 bits per heavy atom. The van der Waals surface area contributed by atoms with Gasteiger partial charge in [-0.3, -0.25) is 9.59 Å². The highest BCUT2D eigenvalue weighted by atomic mass is 35.5. The molecule has 0 spiro atoms. The van der Waals surface area contributed by atoms with Crippen molar-refractivity contribution in [2.24, 2.45) is 11.8 Å². The summed E-state index contributed by atoms with van der Waals surface area (Å²) >= 11 is 12.4. The van der Waals surface area contributed by atoms with E-state index in [1.807, 2.05) is 53.4 Å². The number of nitrogens with zero attached hydrogens (tertiary/aromatic N) is 1. The van der Waals surface area contributed by atoms with E-state index < -0.39 is 11.9 Å². The average molecular weight is 432 g/mol. The van der Waals surface area contributed by atoms with Gasteiger partial charge in [-0.05, 0) is 60.6 Å². The van der Waals surface area contributed by atoms with Crippen molar-refractivity contribution in [3.05, 3.63) is 69.7 Å². The maximum atomic E-state index is 13.3. The van der Waals surface area contributed by atoms with Gasteiger partial charge in [0.15, 0.2) is 0 Å². The van der Waals surface area contributed by atoms with Gasteiger partial charge in [-0.25, -0.2) is 0 Å². The van der Waals surface area contributed by atoms with Crippen LogP contribution >= 0.6 is 23.2 Å². The van der Waals surface area contributed by atoms with E-state index in [2.05, 4.69) is 0 Å². The van der Waals surface area contributed by atoms with E-state index in [0.717, 1.165) is 24.0 Å². The van der Waals surface area contributed by atoms with Crippen LogP contribution in [0, 0.1) is 11.8 Å². The minimum atomic E-state index is -0.940. The number of carbonyl (C=O) groups excluding carboxylic acids is 1. The molecule has 1 heterocycles. The van der Waals surface area contributed by atoms with Crippen LogP contribution in [0.1, 0.15) is 48.8 Å². The number of piperidine rings is 1. The number of likely N-dealkylation sites (tertiary alicyclic amines) is 1. The second kappa shape index (κ2) is 8.37. The quantitative estimate of drug-likeness (QED) is 0.651. The predicted octanol–water partition coefficient (Wildman–Crippen LogP) is 5.55. The third-order valence-electron chi connectivity index (χ3n) is 5.95. The Hall–Kier alpha value is -2.04. The SMILES string of the molecule is O=C(O)C[C@H]1CC(c2cccc(Cl)c2)C(c2ccc(Cl)cc2)N(CC2CC2)C1=O. The fourth-order valence-electron chi connectivity index (χ4n) is 4.42. The van der Waals surface area contributed by atoms with Crippen molar-refractivity contribution < 1.29 is 14.7 Å². The first kappa shape index (κ1) is 20.2. The summed E-state index contributed by atoms with van der Waals surface area (Å²) in [7, 11) is 0. The maximum Gasteiger partial charge on any atom is 0.304 e. The average Bonchev–Trinajstić information content (AvgIpc) is 3.49. The molecule has 1 amide bonds. The number of rotatable bonds is 6. The van der Waals surface area contributed by atoms with E-state index in [-0.39, 0.29) is 24.3 Å². The van der Waals surface area contributed by atoms with Gasteiger partial charge in [-0.2, -0.15) is 0 Å². The molecule has 3 atom stereocenters. The number of carboxylic acid groups (broad SMARTS) is 1. The minimum Gasteiger partial charge on any atom is -0.481 e. The second-order valence-corrected chi connectivity index (χ2v) is 9.00. The number of carboxylic acids is 1.